The van der Waals surface area contributed by atoms with Gasteiger partial charge in [0.2, 0.25) is 0 Å². The van der Waals surface area contributed by atoms with E-state index in [9.17, 15) is 0 Å². The number of imidazole rings is 1. The summed E-state index contributed by atoms with van der Waals surface area (Å²) in [6.07, 6.45) is 5.27. The standard InChI is InChI=1S/C25H35N9O/c1-16(2)29-24(30-17(3)27)21-14-34-11-12-35-22-13-18(5-6-20(22)25(34)32-21)23(28-15-26)31-19-7-9-33(4)10-8-19/h5-6,13-16,19H,7-12H2,1-4H3,(H2,26,28,31)(H2,27,29,30). The number of ether oxygens (including phenoxy) is 1. The van der Waals surface area contributed by atoms with Gasteiger partial charge in [0.05, 0.1) is 30.3 Å². The molecule has 2 aromatic rings. The monoisotopic (exact) mass is 477 g/mol. The number of hydrogen-bond donors (Lipinski definition) is 2. The summed E-state index contributed by atoms with van der Waals surface area (Å²) < 4.78 is 8.18. The molecule has 4 rings (SSSR count). The van der Waals surface area contributed by atoms with E-state index in [-0.39, 0.29) is 12.1 Å². The Hall–Kier alpha value is -3.53. The number of fused-ring (bicyclic) bond motifs is 3. The van der Waals surface area contributed by atoms with Gasteiger partial charge in [-0.1, -0.05) is 6.07 Å². The lowest BCUT2D eigenvalue weighted by Gasteiger charge is -2.26. The van der Waals surface area contributed by atoms with E-state index < -0.39 is 0 Å². The third-order valence-electron chi connectivity index (χ3n) is 5.93. The lowest BCUT2D eigenvalue weighted by Crippen LogP contribution is -2.32. The van der Waals surface area contributed by atoms with Crippen LogP contribution >= 0.6 is 0 Å². The van der Waals surface area contributed by atoms with Crippen LogP contribution in [0.15, 0.2) is 44.4 Å². The molecular formula is C25H35N9O. The number of hydrogen-bond acceptors (Lipinski definition) is 5. The van der Waals surface area contributed by atoms with Crippen molar-refractivity contribution in [2.24, 2.45) is 31.4 Å². The quantitative estimate of drug-likeness (QED) is 0.515. The number of aromatic nitrogens is 2. The van der Waals surface area contributed by atoms with Crippen molar-refractivity contribution in [3.63, 3.8) is 0 Å². The lowest BCUT2D eigenvalue weighted by molar-refractivity contribution is 0.257. The van der Waals surface area contributed by atoms with Crippen LogP contribution in [-0.2, 0) is 6.54 Å². The number of benzene rings is 1. The van der Waals surface area contributed by atoms with Gasteiger partial charge in [-0.25, -0.2) is 15.0 Å². The van der Waals surface area contributed by atoms with Crippen LogP contribution in [0, 0.1) is 0 Å². The number of likely N-dealkylation sites (tertiary alicyclic amines) is 1. The molecule has 0 radical (unpaired) electrons. The smallest absolute Gasteiger partial charge is 0.177 e. The van der Waals surface area contributed by atoms with Crippen molar-refractivity contribution in [2.75, 3.05) is 26.7 Å². The summed E-state index contributed by atoms with van der Waals surface area (Å²) in [5, 5.41) is 0. The Morgan fingerprint density at radius 1 is 1.20 bits per heavy atom. The average Bonchev–Trinajstić information content (AvgIpc) is 3.15. The molecule has 10 heteroatoms. The average molecular weight is 478 g/mol. The van der Waals surface area contributed by atoms with E-state index in [1.807, 2.05) is 38.2 Å². The van der Waals surface area contributed by atoms with E-state index in [0.717, 1.165) is 48.6 Å². The molecule has 3 heterocycles. The molecule has 4 N–H and O–H groups in total. The summed E-state index contributed by atoms with van der Waals surface area (Å²) in [4.78, 5) is 25.5. The van der Waals surface area contributed by atoms with E-state index in [2.05, 4.69) is 31.5 Å². The molecule has 0 amide bonds. The Morgan fingerprint density at radius 2 is 1.97 bits per heavy atom. The molecule has 0 saturated carbocycles. The van der Waals surface area contributed by atoms with E-state index in [1.54, 1.807) is 6.92 Å². The van der Waals surface area contributed by atoms with Crippen LogP contribution in [0.1, 0.15) is 44.9 Å². The van der Waals surface area contributed by atoms with Crippen molar-refractivity contribution >= 4 is 23.8 Å². The zero-order chi connectivity index (χ0) is 24.9. The van der Waals surface area contributed by atoms with Crippen LogP contribution in [0.2, 0.25) is 0 Å². The molecule has 1 aromatic heterocycles. The first kappa shape index (κ1) is 24.6. The van der Waals surface area contributed by atoms with Crippen LogP contribution in [-0.4, -0.2) is 77.1 Å². The van der Waals surface area contributed by atoms with Crippen LogP contribution in [0.4, 0.5) is 0 Å². The van der Waals surface area contributed by atoms with Gasteiger partial charge < -0.3 is 25.7 Å². The highest BCUT2D eigenvalue weighted by molar-refractivity contribution is 6.05. The van der Waals surface area contributed by atoms with E-state index in [4.69, 9.17) is 26.2 Å². The SMILES string of the molecule is CC(N)=NC(=NC(C)C)c1cn2c(n1)-c1ccc(C(N=CN)=NC3CCN(C)CC3)cc1OCC2. The van der Waals surface area contributed by atoms with Crippen molar-refractivity contribution in [1.82, 2.24) is 14.5 Å². The van der Waals surface area contributed by atoms with Crippen molar-refractivity contribution in [2.45, 2.75) is 52.2 Å². The first-order valence-corrected chi connectivity index (χ1v) is 12.1. The Kier molecular flexibility index (Phi) is 7.60. The molecule has 0 spiro atoms. The summed E-state index contributed by atoms with van der Waals surface area (Å²) in [6.45, 7) is 8.98. The molecule has 0 aliphatic carbocycles. The van der Waals surface area contributed by atoms with Gasteiger partial charge in [0.25, 0.3) is 0 Å². The lowest BCUT2D eigenvalue weighted by atomic mass is 10.1. The molecule has 0 atom stereocenters. The van der Waals surface area contributed by atoms with Crippen LogP contribution < -0.4 is 16.2 Å². The first-order valence-electron chi connectivity index (χ1n) is 12.1. The molecule has 10 nitrogen and oxygen atoms in total. The number of amidine groups is 3. The normalized spacial score (nSPS) is 18.5. The number of piperidine rings is 1. The number of nitrogens with zero attached hydrogens (tertiary/aromatic N) is 7. The van der Waals surface area contributed by atoms with Crippen molar-refractivity contribution < 1.29 is 4.74 Å². The van der Waals surface area contributed by atoms with Gasteiger partial charge in [-0.3, -0.25) is 9.98 Å². The maximum Gasteiger partial charge on any atom is 0.177 e. The van der Waals surface area contributed by atoms with Crippen molar-refractivity contribution in [1.29, 1.82) is 0 Å². The first-order chi connectivity index (χ1) is 16.8. The van der Waals surface area contributed by atoms with Crippen molar-refractivity contribution in [3.05, 3.63) is 35.7 Å². The zero-order valence-corrected chi connectivity index (χ0v) is 21.0. The Balaban J connectivity index is 1.70. The molecule has 0 bridgehead atoms. The zero-order valence-electron chi connectivity index (χ0n) is 21.0. The fraction of sp³-hybridized carbons (Fsp3) is 0.480. The predicted molar refractivity (Wildman–Crippen MR) is 142 cm³/mol. The summed E-state index contributed by atoms with van der Waals surface area (Å²) in [7, 11) is 2.14. The van der Waals surface area contributed by atoms with Gasteiger partial charge in [0.1, 0.15) is 23.9 Å². The van der Waals surface area contributed by atoms with Gasteiger partial charge >= 0.3 is 0 Å². The Morgan fingerprint density at radius 3 is 2.66 bits per heavy atom. The van der Waals surface area contributed by atoms with E-state index >= 15 is 0 Å². The summed E-state index contributed by atoms with van der Waals surface area (Å²) >= 11 is 0. The number of nitrogens with two attached hydrogens (primary N) is 2. The van der Waals surface area contributed by atoms with Gasteiger partial charge in [0.15, 0.2) is 11.7 Å². The molecule has 35 heavy (non-hydrogen) atoms. The van der Waals surface area contributed by atoms with Crippen LogP contribution in [0.5, 0.6) is 5.75 Å². The fourth-order valence-corrected chi connectivity index (χ4v) is 4.24. The maximum absolute atomic E-state index is 6.11. The van der Waals surface area contributed by atoms with Gasteiger partial charge in [0, 0.05) is 17.8 Å². The molecule has 186 valence electrons. The highest BCUT2D eigenvalue weighted by Crippen LogP contribution is 2.33. The summed E-state index contributed by atoms with van der Waals surface area (Å²) in [5.74, 6) is 3.14. The van der Waals surface area contributed by atoms with Gasteiger partial charge in [-0.2, -0.15) is 0 Å². The summed E-state index contributed by atoms with van der Waals surface area (Å²) in [5.41, 5.74) is 14.0. The molecule has 1 aromatic carbocycles. The molecule has 1 saturated heterocycles. The molecule has 2 aliphatic rings. The maximum atomic E-state index is 6.11. The third-order valence-corrected chi connectivity index (χ3v) is 5.93. The second-order valence-electron chi connectivity index (χ2n) is 9.27. The third kappa shape index (κ3) is 5.94. The topological polar surface area (TPSA) is 132 Å². The highest BCUT2D eigenvalue weighted by atomic mass is 16.5. The second-order valence-corrected chi connectivity index (χ2v) is 9.27. The minimum absolute atomic E-state index is 0.0677. The van der Waals surface area contributed by atoms with E-state index in [1.165, 1.54) is 6.34 Å². The van der Waals surface area contributed by atoms with Crippen LogP contribution in [0.3, 0.4) is 0 Å². The number of rotatable bonds is 4. The minimum Gasteiger partial charge on any atom is -0.491 e. The second kappa shape index (κ2) is 10.8. The van der Waals surface area contributed by atoms with Gasteiger partial charge in [-0.15, -0.1) is 0 Å². The molecular weight excluding hydrogens is 442 g/mol. The minimum atomic E-state index is 0.0677. The van der Waals surface area contributed by atoms with E-state index in [0.29, 0.717) is 36.4 Å². The number of aliphatic imine (C=N–C) groups is 4. The fourth-order valence-electron chi connectivity index (χ4n) is 4.24. The molecule has 0 unspecified atom stereocenters. The van der Waals surface area contributed by atoms with Crippen molar-refractivity contribution in [3.8, 4) is 17.1 Å². The Bertz CT molecular complexity index is 1160. The molecule has 2 aliphatic heterocycles. The largest absolute Gasteiger partial charge is 0.491 e. The van der Waals surface area contributed by atoms with Crippen LogP contribution in [0.25, 0.3) is 11.4 Å². The molecule has 1 fully saturated rings. The van der Waals surface area contributed by atoms with Gasteiger partial charge in [-0.05, 0) is 65.9 Å². The Labute approximate surface area is 206 Å². The predicted octanol–water partition coefficient (Wildman–Crippen LogP) is 2.30. The highest BCUT2D eigenvalue weighted by Gasteiger charge is 2.22. The summed E-state index contributed by atoms with van der Waals surface area (Å²) in [6, 6.07) is 6.28.